The molecule has 0 unspecified atom stereocenters. The SMILES string of the molecule is O=C(CSc1ccc(Cl)cc1)Nc1c(Cl)cc([N+](=O)[O-])cc1Cl. The molecule has 2 aromatic rings. The Morgan fingerprint density at radius 3 is 2.22 bits per heavy atom. The molecule has 2 rings (SSSR count). The van der Waals surface area contributed by atoms with Crippen LogP contribution in [-0.2, 0) is 4.79 Å². The molecule has 0 saturated heterocycles. The van der Waals surface area contributed by atoms with Gasteiger partial charge in [0, 0.05) is 22.1 Å². The minimum Gasteiger partial charge on any atom is -0.323 e. The van der Waals surface area contributed by atoms with Crippen molar-refractivity contribution in [3.8, 4) is 0 Å². The number of non-ortho nitro benzene ring substituents is 1. The van der Waals surface area contributed by atoms with Gasteiger partial charge >= 0.3 is 0 Å². The van der Waals surface area contributed by atoms with Crippen molar-refractivity contribution in [2.24, 2.45) is 0 Å². The number of nitrogens with zero attached hydrogens (tertiary/aromatic N) is 1. The second-order valence-electron chi connectivity index (χ2n) is 4.33. The van der Waals surface area contributed by atoms with Crippen molar-refractivity contribution in [3.05, 3.63) is 61.6 Å². The summed E-state index contributed by atoms with van der Waals surface area (Å²) in [5.74, 6) is -0.201. The molecule has 0 fully saturated rings. The molecule has 1 N–H and O–H groups in total. The van der Waals surface area contributed by atoms with Crippen LogP contribution in [0.4, 0.5) is 11.4 Å². The Morgan fingerprint density at radius 1 is 1.13 bits per heavy atom. The van der Waals surface area contributed by atoms with Crippen molar-refractivity contribution in [3.63, 3.8) is 0 Å². The maximum absolute atomic E-state index is 12.0. The predicted octanol–water partition coefficient (Wildman–Crippen LogP) is 5.29. The number of benzene rings is 2. The summed E-state index contributed by atoms with van der Waals surface area (Å²) in [4.78, 5) is 22.9. The summed E-state index contributed by atoms with van der Waals surface area (Å²) in [7, 11) is 0. The third-order valence-corrected chi connectivity index (χ3v) is 4.55. The van der Waals surface area contributed by atoms with Gasteiger partial charge in [-0.3, -0.25) is 14.9 Å². The average molecular weight is 392 g/mol. The van der Waals surface area contributed by atoms with Gasteiger partial charge in [-0.15, -0.1) is 11.8 Å². The van der Waals surface area contributed by atoms with Gasteiger partial charge in [0.2, 0.25) is 5.91 Å². The highest BCUT2D eigenvalue weighted by molar-refractivity contribution is 8.00. The summed E-state index contributed by atoms with van der Waals surface area (Å²) in [5.41, 5.74) is -0.0887. The first-order valence-corrected chi connectivity index (χ1v) is 8.30. The van der Waals surface area contributed by atoms with Gasteiger partial charge in [0.1, 0.15) is 0 Å². The molecule has 0 heterocycles. The molecule has 0 aromatic heterocycles. The van der Waals surface area contributed by atoms with Crippen molar-refractivity contribution in [1.29, 1.82) is 0 Å². The maximum atomic E-state index is 12.0. The van der Waals surface area contributed by atoms with Gasteiger partial charge < -0.3 is 5.32 Å². The fourth-order valence-electron chi connectivity index (χ4n) is 1.64. The highest BCUT2D eigenvalue weighted by Crippen LogP contribution is 2.34. The molecule has 2 aromatic carbocycles. The topological polar surface area (TPSA) is 72.2 Å². The summed E-state index contributed by atoms with van der Waals surface area (Å²) in [6.07, 6.45) is 0. The molecule has 5 nitrogen and oxygen atoms in total. The van der Waals surface area contributed by atoms with E-state index in [0.717, 1.165) is 17.0 Å². The monoisotopic (exact) mass is 390 g/mol. The highest BCUT2D eigenvalue weighted by Gasteiger charge is 2.16. The molecule has 0 saturated carbocycles. The zero-order chi connectivity index (χ0) is 17.0. The molecule has 1 amide bonds. The number of nitro benzene ring substituents is 1. The second kappa shape index (κ2) is 7.88. The van der Waals surface area contributed by atoms with Crippen LogP contribution in [0.2, 0.25) is 15.1 Å². The molecular weight excluding hydrogens is 383 g/mol. The predicted molar refractivity (Wildman–Crippen MR) is 93.9 cm³/mol. The van der Waals surface area contributed by atoms with Gasteiger partial charge in [0.15, 0.2) is 0 Å². The van der Waals surface area contributed by atoms with Crippen LogP contribution in [0.3, 0.4) is 0 Å². The van der Waals surface area contributed by atoms with Gasteiger partial charge in [-0.1, -0.05) is 34.8 Å². The number of hydrogen-bond acceptors (Lipinski definition) is 4. The normalized spacial score (nSPS) is 10.4. The number of nitro groups is 1. The minimum absolute atomic E-state index is 0.00837. The van der Waals surface area contributed by atoms with Crippen LogP contribution in [-0.4, -0.2) is 16.6 Å². The smallest absolute Gasteiger partial charge is 0.272 e. The highest BCUT2D eigenvalue weighted by atomic mass is 35.5. The number of rotatable bonds is 5. The largest absolute Gasteiger partial charge is 0.323 e. The number of hydrogen-bond donors (Lipinski definition) is 1. The molecule has 120 valence electrons. The summed E-state index contributed by atoms with van der Waals surface area (Å²) >= 11 is 19.0. The molecule has 0 radical (unpaired) electrons. The average Bonchev–Trinajstić information content (AvgIpc) is 2.50. The number of halogens is 3. The van der Waals surface area contributed by atoms with Crippen LogP contribution >= 0.6 is 46.6 Å². The third-order valence-electron chi connectivity index (χ3n) is 2.69. The van der Waals surface area contributed by atoms with Crippen LogP contribution in [0.25, 0.3) is 0 Å². The molecular formula is C14H9Cl3N2O3S. The first kappa shape index (κ1) is 17.9. The molecule has 0 bridgehead atoms. The Morgan fingerprint density at radius 2 is 1.70 bits per heavy atom. The first-order valence-electron chi connectivity index (χ1n) is 6.18. The van der Waals surface area contributed by atoms with Gasteiger partial charge in [0.05, 0.1) is 26.4 Å². The Hall–Kier alpha value is -1.47. The molecule has 0 atom stereocenters. The Balaban J connectivity index is 2.02. The lowest BCUT2D eigenvalue weighted by molar-refractivity contribution is -0.384. The lowest BCUT2D eigenvalue weighted by Crippen LogP contribution is -2.14. The van der Waals surface area contributed by atoms with Crippen LogP contribution in [0.15, 0.2) is 41.3 Å². The second-order valence-corrected chi connectivity index (χ2v) is 6.63. The van der Waals surface area contributed by atoms with E-state index >= 15 is 0 Å². The number of nitrogens with one attached hydrogen (secondary N) is 1. The van der Waals surface area contributed by atoms with Crippen molar-refractivity contribution >= 4 is 63.8 Å². The fourth-order valence-corrected chi connectivity index (χ4v) is 3.03. The first-order chi connectivity index (χ1) is 10.9. The van der Waals surface area contributed by atoms with E-state index in [1.54, 1.807) is 24.3 Å². The van der Waals surface area contributed by atoms with E-state index in [-0.39, 0.29) is 33.1 Å². The third kappa shape index (κ3) is 5.00. The van der Waals surface area contributed by atoms with Gasteiger partial charge in [-0.2, -0.15) is 0 Å². The van der Waals surface area contributed by atoms with Gasteiger partial charge in [-0.05, 0) is 24.3 Å². The number of amides is 1. The van der Waals surface area contributed by atoms with Crippen molar-refractivity contribution in [1.82, 2.24) is 0 Å². The van der Waals surface area contributed by atoms with E-state index in [2.05, 4.69) is 5.32 Å². The van der Waals surface area contributed by atoms with Crippen LogP contribution in [0, 0.1) is 10.1 Å². The van der Waals surface area contributed by atoms with E-state index in [4.69, 9.17) is 34.8 Å². The Kier molecular flexibility index (Phi) is 6.12. The van der Waals surface area contributed by atoms with Crippen LogP contribution in [0.5, 0.6) is 0 Å². The standard InChI is InChI=1S/C14H9Cl3N2O3S/c15-8-1-3-10(4-2-8)23-7-13(20)18-14-11(16)5-9(19(21)22)6-12(14)17/h1-6H,7H2,(H,18,20). The fraction of sp³-hybridized carbons (Fsp3) is 0.0714. The van der Waals surface area contributed by atoms with Crippen LogP contribution in [0.1, 0.15) is 0 Å². The Bertz CT molecular complexity index is 730. The molecule has 23 heavy (non-hydrogen) atoms. The van der Waals surface area contributed by atoms with E-state index in [9.17, 15) is 14.9 Å². The number of carbonyl (C=O) groups is 1. The zero-order valence-electron chi connectivity index (χ0n) is 11.4. The molecule has 9 heteroatoms. The maximum Gasteiger partial charge on any atom is 0.272 e. The zero-order valence-corrected chi connectivity index (χ0v) is 14.5. The van der Waals surface area contributed by atoms with Gasteiger partial charge in [0.25, 0.3) is 5.69 Å². The van der Waals surface area contributed by atoms with Crippen molar-refractivity contribution in [2.75, 3.05) is 11.1 Å². The molecule has 0 aliphatic rings. The number of carbonyl (C=O) groups excluding carboxylic acids is 1. The van der Waals surface area contributed by atoms with E-state index < -0.39 is 4.92 Å². The quantitative estimate of drug-likeness (QED) is 0.427. The summed E-state index contributed by atoms with van der Waals surface area (Å²) in [5, 5.41) is 13.9. The van der Waals surface area contributed by atoms with E-state index in [1.165, 1.54) is 11.8 Å². The van der Waals surface area contributed by atoms with Gasteiger partial charge in [-0.25, -0.2) is 0 Å². The van der Waals surface area contributed by atoms with E-state index in [1.807, 2.05) is 0 Å². The summed E-state index contributed by atoms with van der Waals surface area (Å²) < 4.78 is 0. The van der Waals surface area contributed by atoms with Crippen molar-refractivity contribution in [2.45, 2.75) is 4.90 Å². The lowest BCUT2D eigenvalue weighted by Gasteiger charge is -2.09. The Labute approximate surface area is 151 Å². The minimum atomic E-state index is -0.611. The van der Waals surface area contributed by atoms with Crippen molar-refractivity contribution < 1.29 is 9.72 Å². The number of thioether (sulfide) groups is 1. The molecule has 0 aliphatic heterocycles. The van der Waals surface area contributed by atoms with E-state index in [0.29, 0.717) is 5.02 Å². The summed E-state index contributed by atoms with van der Waals surface area (Å²) in [6.45, 7) is 0. The summed E-state index contributed by atoms with van der Waals surface area (Å²) in [6, 6.07) is 9.32. The lowest BCUT2D eigenvalue weighted by atomic mass is 10.3. The molecule has 0 spiro atoms. The number of anilines is 1. The van der Waals surface area contributed by atoms with Crippen LogP contribution < -0.4 is 5.32 Å². The molecule has 0 aliphatic carbocycles.